The molecule has 3 aromatic rings. The Morgan fingerprint density at radius 1 is 0.800 bits per heavy atom. The van der Waals surface area contributed by atoms with Crippen LogP contribution in [0.5, 0.6) is 0 Å². The average molecular weight is 360 g/mol. The first-order chi connectivity index (χ1) is 11.6. The fourth-order valence-electron chi connectivity index (χ4n) is 2.56. The topological polar surface area (TPSA) is 54.4 Å². The second-order valence-electron chi connectivity index (χ2n) is 5.31. The van der Waals surface area contributed by atoms with E-state index in [0.29, 0.717) is 11.1 Å². The van der Waals surface area contributed by atoms with E-state index in [4.69, 9.17) is 0 Å². The van der Waals surface area contributed by atoms with E-state index < -0.39 is 10.1 Å². The van der Waals surface area contributed by atoms with Gasteiger partial charge in [0.25, 0.3) is 10.1 Å². The van der Waals surface area contributed by atoms with Crippen LogP contribution in [0.15, 0.2) is 84.9 Å². The molecule has 122 valence electrons. The summed E-state index contributed by atoms with van der Waals surface area (Å²) in [5.74, 6) is 0. The minimum absolute atomic E-state index is 0. The minimum Gasteiger partial charge on any atom is -1.00 e. The molecule has 0 fully saturated rings. The van der Waals surface area contributed by atoms with E-state index in [2.05, 4.69) is 0 Å². The monoisotopic (exact) mass is 360 g/mol. The summed E-state index contributed by atoms with van der Waals surface area (Å²) in [6, 6.07) is 25.7. The smallest absolute Gasteiger partial charge is 1.00 e. The van der Waals surface area contributed by atoms with Crippen LogP contribution in [0.2, 0.25) is 0 Å². The van der Waals surface area contributed by atoms with Gasteiger partial charge in [0.15, 0.2) is 0 Å². The van der Waals surface area contributed by atoms with E-state index in [1.54, 1.807) is 24.3 Å². The Morgan fingerprint density at radius 2 is 1.32 bits per heavy atom. The molecule has 0 heterocycles. The van der Waals surface area contributed by atoms with Crippen LogP contribution >= 0.6 is 0 Å². The Labute approximate surface area is 171 Å². The molecule has 0 atom stereocenters. The Morgan fingerprint density at radius 3 is 1.92 bits per heavy atom. The van der Waals surface area contributed by atoms with Crippen LogP contribution < -0.4 is 29.6 Å². The van der Waals surface area contributed by atoms with Crippen LogP contribution in [0, 0.1) is 0 Å². The molecule has 0 spiro atoms. The molecule has 0 bridgehead atoms. The zero-order chi connectivity index (χ0) is 17.0. The summed E-state index contributed by atoms with van der Waals surface area (Å²) in [4.78, 5) is -0.117. The van der Waals surface area contributed by atoms with Gasteiger partial charge in [-0.1, -0.05) is 84.9 Å². The molecular weight excluding hydrogens is 343 g/mol. The molecule has 3 nitrogen and oxygen atoms in total. The van der Waals surface area contributed by atoms with Crippen LogP contribution in [0.3, 0.4) is 0 Å². The molecule has 3 aromatic carbocycles. The summed E-state index contributed by atoms with van der Waals surface area (Å²) in [7, 11) is -4.39. The van der Waals surface area contributed by atoms with E-state index in [1.807, 2.05) is 60.7 Å². The molecule has 3 rings (SSSR count). The predicted molar refractivity (Wildman–Crippen MR) is 98.9 cm³/mol. The second-order valence-corrected chi connectivity index (χ2v) is 6.70. The largest absolute Gasteiger partial charge is 1.00 e. The molecule has 0 aliphatic rings. The van der Waals surface area contributed by atoms with Gasteiger partial charge in [0.1, 0.15) is 4.91 Å². The summed E-state index contributed by atoms with van der Waals surface area (Å²) in [6.45, 7) is 0. The number of benzene rings is 3. The third-order valence-electron chi connectivity index (χ3n) is 3.65. The molecule has 0 aliphatic carbocycles. The van der Waals surface area contributed by atoms with Crippen molar-refractivity contribution in [3.8, 4) is 11.1 Å². The Kier molecular flexibility index (Phi) is 6.76. The third kappa shape index (κ3) is 4.91. The summed E-state index contributed by atoms with van der Waals surface area (Å²) in [5.41, 5.74) is 2.80. The van der Waals surface area contributed by atoms with Crippen molar-refractivity contribution in [2.45, 2.75) is 0 Å². The van der Waals surface area contributed by atoms with Gasteiger partial charge in [0.05, 0.1) is 0 Å². The van der Waals surface area contributed by atoms with Crippen LogP contribution in [0.1, 0.15) is 12.6 Å². The molecule has 0 radical (unpaired) electrons. The molecule has 1 N–H and O–H groups in total. The summed E-state index contributed by atoms with van der Waals surface area (Å²) in [5, 5.41) is 0. The summed E-state index contributed by atoms with van der Waals surface area (Å²) >= 11 is 0. The molecule has 25 heavy (non-hydrogen) atoms. The maximum absolute atomic E-state index is 12.0. The van der Waals surface area contributed by atoms with Gasteiger partial charge in [-0.2, -0.15) is 8.42 Å². The van der Waals surface area contributed by atoms with Crippen molar-refractivity contribution >= 4 is 21.1 Å². The maximum Gasteiger partial charge on any atom is 1.00 e. The molecule has 0 unspecified atom stereocenters. The second kappa shape index (κ2) is 8.61. The van der Waals surface area contributed by atoms with Crippen LogP contribution in [-0.2, 0) is 10.1 Å². The van der Waals surface area contributed by atoms with E-state index in [1.165, 1.54) is 6.08 Å². The van der Waals surface area contributed by atoms with Gasteiger partial charge in [-0.25, -0.2) is 0 Å². The van der Waals surface area contributed by atoms with Crippen molar-refractivity contribution in [3.05, 3.63) is 96.1 Å². The van der Waals surface area contributed by atoms with Crippen molar-refractivity contribution < 1.29 is 44.0 Å². The first-order valence-corrected chi connectivity index (χ1v) is 8.89. The van der Waals surface area contributed by atoms with Crippen molar-refractivity contribution in [3.63, 3.8) is 0 Å². The van der Waals surface area contributed by atoms with Crippen LogP contribution in [-0.4, -0.2) is 13.0 Å². The van der Waals surface area contributed by atoms with Crippen LogP contribution in [0.25, 0.3) is 22.1 Å². The van der Waals surface area contributed by atoms with Crippen molar-refractivity contribution in [1.29, 1.82) is 0 Å². The average Bonchev–Trinajstić information content (AvgIpc) is 2.60. The standard InChI is InChI=1S/C20H16O3S.Na.H/c21-24(22,23)20(15-16-9-3-1-4-10-16)19-14-8-7-13-18(19)17-11-5-2-6-12-17;;/h1-15H,(H,21,22,23);;/q;+1;-1. The molecule has 0 aliphatic heterocycles. The van der Waals surface area contributed by atoms with Gasteiger partial charge in [-0.05, 0) is 22.8 Å². The Balaban J connectivity index is 0.00000169. The molecule has 5 heteroatoms. The van der Waals surface area contributed by atoms with Gasteiger partial charge >= 0.3 is 29.6 Å². The Hall–Kier alpha value is -1.69. The SMILES string of the molecule is O=S(=O)(O)C(=Cc1ccccc1)c1ccccc1-c1ccccc1.[H-].[Na+]. The maximum atomic E-state index is 12.0. The van der Waals surface area contributed by atoms with Gasteiger partial charge in [0, 0.05) is 5.56 Å². The van der Waals surface area contributed by atoms with E-state index in [9.17, 15) is 13.0 Å². The van der Waals surface area contributed by atoms with Gasteiger partial charge < -0.3 is 1.43 Å². The molecule has 0 saturated carbocycles. The van der Waals surface area contributed by atoms with Crippen LogP contribution in [0.4, 0.5) is 0 Å². The number of hydrogen-bond acceptors (Lipinski definition) is 2. The quantitative estimate of drug-likeness (QED) is 0.439. The zero-order valence-corrected chi connectivity index (χ0v) is 16.6. The van der Waals surface area contributed by atoms with Crippen molar-refractivity contribution in [2.75, 3.05) is 0 Å². The molecule has 0 saturated heterocycles. The van der Waals surface area contributed by atoms with E-state index in [0.717, 1.165) is 11.1 Å². The van der Waals surface area contributed by atoms with E-state index in [-0.39, 0.29) is 35.9 Å². The minimum atomic E-state index is -4.39. The summed E-state index contributed by atoms with van der Waals surface area (Å²) < 4.78 is 33.8. The first-order valence-electron chi connectivity index (χ1n) is 7.45. The molecule has 0 aromatic heterocycles. The number of rotatable bonds is 4. The fraction of sp³-hybridized carbons (Fsp3) is 0. The van der Waals surface area contributed by atoms with Gasteiger partial charge in [-0.15, -0.1) is 0 Å². The van der Waals surface area contributed by atoms with Gasteiger partial charge in [0.2, 0.25) is 0 Å². The third-order valence-corrected chi connectivity index (χ3v) is 4.55. The predicted octanol–water partition coefficient (Wildman–Crippen LogP) is 1.86. The Bertz CT molecular complexity index is 972. The van der Waals surface area contributed by atoms with E-state index >= 15 is 0 Å². The molecular formula is C20H17NaO3S. The molecule has 0 amide bonds. The normalized spacial score (nSPS) is 11.6. The fourth-order valence-corrected chi connectivity index (χ4v) is 3.30. The zero-order valence-electron chi connectivity index (χ0n) is 14.8. The summed E-state index contributed by atoms with van der Waals surface area (Å²) in [6.07, 6.45) is 1.48. The van der Waals surface area contributed by atoms with Crippen molar-refractivity contribution in [1.82, 2.24) is 0 Å². The van der Waals surface area contributed by atoms with Gasteiger partial charge in [-0.3, -0.25) is 4.55 Å². The number of hydrogen-bond donors (Lipinski definition) is 1. The van der Waals surface area contributed by atoms with Crippen molar-refractivity contribution in [2.24, 2.45) is 0 Å². The first kappa shape index (κ1) is 19.6.